The summed E-state index contributed by atoms with van der Waals surface area (Å²) in [6.45, 7) is 5.07. The largest absolute Gasteiger partial charge is 0.381 e. The van der Waals surface area contributed by atoms with E-state index < -0.39 is 0 Å². The zero-order valence-electron chi connectivity index (χ0n) is 12.9. The second kappa shape index (κ2) is 6.93. The fourth-order valence-electron chi connectivity index (χ4n) is 2.10. The molecule has 2 aromatic rings. The van der Waals surface area contributed by atoms with Gasteiger partial charge in [0, 0.05) is 32.7 Å². The van der Waals surface area contributed by atoms with Crippen molar-refractivity contribution >= 4 is 11.6 Å². The van der Waals surface area contributed by atoms with Crippen LogP contribution >= 0.6 is 0 Å². The summed E-state index contributed by atoms with van der Waals surface area (Å²) in [5.74, 6) is 0.0725. The summed E-state index contributed by atoms with van der Waals surface area (Å²) in [7, 11) is 1.82. The summed E-state index contributed by atoms with van der Waals surface area (Å²) in [6.07, 6.45) is 0. The van der Waals surface area contributed by atoms with E-state index in [-0.39, 0.29) is 5.91 Å². The van der Waals surface area contributed by atoms with Crippen molar-refractivity contribution in [1.29, 1.82) is 0 Å². The van der Waals surface area contributed by atoms with Crippen molar-refractivity contribution in [1.82, 2.24) is 4.90 Å². The Morgan fingerprint density at radius 2 is 1.76 bits per heavy atom. The molecule has 0 unspecified atom stereocenters. The number of benzene rings is 2. The van der Waals surface area contributed by atoms with Gasteiger partial charge in [0.1, 0.15) is 0 Å². The van der Waals surface area contributed by atoms with E-state index in [0.717, 1.165) is 17.8 Å². The van der Waals surface area contributed by atoms with Crippen LogP contribution in [0.2, 0.25) is 0 Å². The highest BCUT2D eigenvalue weighted by Crippen LogP contribution is 2.18. The van der Waals surface area contributed by atoms with E-state index in [1.165, 1.54) is 11.1 Å². The van der Waals surface area contributed by atoms with E-state index in [0.29, 0.717) is 6.54 Å². The number of aryl methyl sites for hydroxylation is 1. The lowest BCUT2D eigenvalue weighted by Crippen LogP contribution is -2.23. The molecule has 2 aromatic carbocycles. The third-order valence-electron chi connectivity index (χ3n) is 3.57. The Hall–Kier alpha value is -2.29. The molecule has 0 atom stereocenters. The number of nitrogens with one attached hydrogen (secondary N) is 1. The maximum atomic E-state index is 11.4. The number of carbonyl (C=O) groups is 1. The number of para-hydroxylation sites is 1. The van der Waals surface area contributed by atoms with E-state index in [9.17, 15) is 4.79 Å². The lowest BCUT2D eigenvalue weighted by atomic mass is 10.1. The number of hydrogen-bond acceptors (Lipinski definition) is 2. The fraction of sp³-hybridized carbons (Fsp3) is 0.278. The molecule has 0 saturated carbocycles. The highest BCUT2D eigenvalue weighted by Gasteiger charge is 2.07. The molecule has 0 bridgehead atoms. The molecule has 110 valence electrons. The van der Waals surface area contributed by atoms with Gasteiger partial charge in [0.25, 0.3) is 0 Å². The van der Waals surface area contributed by atoms with E-state index in [2.05, 4.69) is 48.6 Å². The number of rotatable bonds is 5. The molecule has 2 rings (SSSR count). The van der Waals surface area contributed by atoms with Crippen molar-refractivity contribution in [2.75, 3.05) is 12.4 Å². The van der Waals surface area contributed by atoms with Gasteiger partial charge in [-0.2, -0.15) is 0 Å². The molecular weight excluding hydrogens is 260 g/mol. The number of nitrogens with zero attached hydrogens (tertiary/aromatic N) is 1. The Morgan fingerprint density at radius 3 is 2.43 bits per heavy atom. The third-order valence-corrected chi connectivity index (χ3v) is 3.57. The topological polar surface area (TPSA) is 32.3 Å². The number of hydrogen-bond donors (Lipinski definition) is 1. The van der Waals surface area contributed by atoms with Gasteiger partial charge < -0.3 is 10.2 Å². The number of anilines is 1. The van der Waals surface area contributed by atoms with Crippen molar-refractivity contribution in [3.63, 3.8) is 0 Å². The molecule has 1 N–H and O–H groups in total. The van der Waals surface area contributed by atoms with Gasteiger partial charge in [-0.3, -0.25) is 4.79 Å². The van der Waals surface area contributed by atoms with Crippen molar-refractivity contribution in [3.05, 3.63) is 65.2 Å². The molecule has 0 spiro atoms. The summed E-state index contributed by atoms with van der Waals surface area (Å²) in [6, 6.07) is 16.6. The quantitative estimate of drug-likeness (QED) is 0.909. The minimum atomic E-state index is 0.0725. The van der Waals surface area contributed by atoms with Crippen LogP contribution in [0.25, 0.3) is 0 Å². The van der Waals surface area contributed by atoms with Crippen LogP contribution in [0, 0.1) is 6.92 Å². The fourth-order valence-corrected chi connectivity index (χ4v) is 2.10. The van der Waals surface area contributed by atoms with Crippen LogP contribution in [0.4, 0.5) is 5.69 Å². The first-order chi connectivity index (χ1) is 10.1. The first-order valence-corrected chi connectivity index (χ1v) is 7.15. The summed E-state index contributed by atoms with van der Waals surface area (Å²) in [5, 5.41) is 3.46. The summed E-state index contributed by atoms with van der Waals surface area (Å²) in [4.78, 5) is 13.1. The van der Waals surface area contributed by atoms with Crippen molar-refractivity contribution in [3.8, 4) is 0 Å². The molecule has 1 amide bonds. The summed E-state index contributed by atoms with van der Waals surface area (Å²) < 4.78 is 0. The monoisotopic (exact) mass is 282 g/mol. The smallest absolute Gasteiger partial charge is 0.219 e. The molecule has 3 nitrogen and oxygen atoms in total. The van der Waals surface area contributed by atoms with Crippen molar-refractivity contribution in [2.45, 2.75) is 26.9 Å². The summed E-state index contributed by atoms with van der Waals surface area (Å²) in [5.41, 5.74) is 4.71. The Morgan fingerprint density at radius 1 is 1.10 bits per heavy atom. The first-order valence-electron chi connectivity index (χ1n) is 7.15. The minimum Gasteiger partial charge on any atom is -0.381 e. The van der Waals surface area contributed by atoms with Gasteiger partial charge >= 0.3 is 0 Å². The number of amides is 1. The molecule has 0 saturated heterocycles. The van der Waals surface area contributed by atoms with Gasteiger partial charge in [-0.1, -0.05) is 48.0 Å². The molecule has 21 heavy (non-hydrogen) atoms. The highest BCUT2D eigenvalue weighted by atomic mass is 16.2. The van der Waals surface area contributed by atoms with Gasteiger partial charge in [0.05, 0.1) is 0 Å². The zero-order chi connectivity index (χ0) is 15.2. The molecule has 0 aliphatic carbocycles. The Bertz CT molecular complexity index is 605. The molecule has 3 heteroatoms. The molecule has 0 fully saturated rings. The third kappa shape index (κ3) is 4.35. The van der Waals surface area contributed by atoms with Gasteiger partial charge in [0.15, 0.2) is 0 Å². The molecule has 0 aliphatic heterocycles. The van der Waals surface area contributed by atoms with E-state index in [1.807, 2.05) is 19.2 Å². The molecule has 0 radical (unpaired) electrons. The van der Waals surface area contributed by atoms with Crippen LogP contribution in [0.15, 0.2) is 48.5 Å². The molecule has 0 heterocycles. The first kappa shape index (κ1) is 15.1. The zero-order valence-corrected chi connectivity index (χ0v) is 12.9. The van der Waals surface area contributed by atoms with Gasteiger partial charge in [-0.05, 0) is 24.1 Å². The Balaban J connectivity index is 2.06. The molecular formula is C18H22N2O. The second-order valence-electron chi connectivity index (χ2n) is 5.37. The van der Waals surface area contributed by atoms with Crippen molar-refractivity contribution < 1.29 is 4.79 Å². The van der Waals surface area contributed by atoms with Gasteiger partial charge in [0.2, 0.25) is 5.91 Å². The van der Waals surface area contributed by atoms with Crippen LogP contribution < -0.4 is 5.32 Å². The normalized spacial score (nSPS) is 10.2. The van der Waals surface area contributed by atoms with Gasteiger partial charge in [-0.15, -0.1) is 0 Å². The van der Waals surface area contributed by atoms with E-state index in [1.54, 1.807) is 11.8 Å². The lowest BCUT2D eigenvalue weighted by molar-refractivity contribution is -0.128. The van der Waals surface area contributed by atoms with Crippen LogP contribution in [0.3, 0.4) is 0 Å². The van der Waals surface area contributed by atoms with Gasteiger partial charge in [-0.25, -0.2) is 0 Å². The van der Waals surface area contributed by atoms with Crippen LogP contribution in [0.5, 0.6) is 0 Å². The predicted octanol–water partition coefficient (Wildman–Crippen LogP) is 3.59. The molecule has 0 aliphatic rings. The SMILES string of the molecule is CC(=O)N(C)Cc1ccccc1NCc1ccc(C)cc1. The Labute approximate surface area is 126 Å². The van der Waals surface area contributed by atoms with Crippen LogP contribution in [0.1, 0.15) is 23.6 Å². The Kier molecular flexibility index (Phi) is 4.99. The van der Waals surface area contributed by atoms with E-state index >= 15 is 0 Å². The average Bonchev–Trinajstić information content (AvgIpc) is 2.48. The highest BCUT2D eigenvalue weighted by molar-refractivity contribution is 5.73. The maximum absolute atomic E-state index is 11.4. The van der Waals surface area contributed by atoms with Crippen LogP contribution in [-0.2, 0) is 17.9 Å². The summed E-state index contributed by atoms with van der Waals surface area (Å²) >= 11 is 0. The second-order valence-corrected chi connectivity index (χ2v) is 5.37. The predicted molar refractivity (Wildman–Crippen MR) is 87.1 cm³/mol. The maximum Gasteiger partial charge on any atom is 0.219 e. The molecule has 0 aromatic heterocycles. The number of carbonyl (C=O) groups excluding carboxylic acids is 1. The van der Waals surface area contributed by atoms with E-state index in [4.69, 9.17) is 0 Å². The minimum absolute atomic E-state index is 0.0725. The van der Waals surface area contributed by atoms with Crippen molar-refractivity contribution in [2.24, 2.45) is 0 Å². The average molecular weight is 282 g/mol. The van der Waals surface area contributed by atoms with Crippen LogP contribution in [-0.4, -0.2) is 17.9 Å². The lowest BCUT2D eigenvalue weighted by Gasteiger charge is -2.18. The standard InChI is InChI=1S/C18H22N2O/c1-14-8-10-16(11-9-14)12-19-18-7-5-4-6-17(18)13-20(3)15(2)21/h4-11,19H,12-13H2,1-3H3.